The largest absolute Gasteiger partial charge is 0.508 e. The van der Waals surface area contributed by atoms with E-state index >= 15 is 0 Å². The third kappa shape index (κ3) is 5.46. The molecule has 2 saturated heterocycles. The van der Waals surface area contributed by atoms with Crippen molar-refractivity contribution in [3.63, 3.8) is 0 Å². The highest BCUT2D eigenvalue weighted by Gasteiger charge is 2.26. The number of epoxide rings is 2. The molecule has 0 spiro atoms. The van der Waals surface area contributed by atoms with Gasteiger partial charge in [-0.05, 0) is 18.6 Å². The minimum atomic E-state index is 0.0254. The van der Waals surface area contributed by atoms with E-state index < -0.39 is 0 Å². The number of phenolic OH excluding ortho intramolecular Hbond substituents is 2. The minimum Gasteiger partial charge on any atom is -0.508 e. The van der Waals surface area contributed by atoms with Crippen LogP contribution in [-0.2, 0) is 14.2 Å². The molecule has 0 aromatic heterocycles. The van der Waals surface area contributed by atoms with Crippen LogP contribution in [0.1, 0.15) is 30.4 Å². The summed E-state index contributed by atoms with van der Waals surface area (Å²) in [7, 11) is 0. The molecule has 2 aliphatic heterocycles. The number of para-hydroxylation sites is 2. The zero-order valence-electron chi connectivity index (χ0n) is 15.0. The molecule has 26 heavy (non-hydrogen) atoms. The van der Waals surface area contributed by atoms with Crippen molar-refractivity contribution in [1.29, 1.82) is 0 Å². The Labute approximate surface area is 154 Å². The maximum Gasteiger partial charge on any atom is 0.119 e. The summed E-state index contributed by atoms with van der Waals surface area (Å²) in [6.07, 6.45) is 1.61. The summed E-state index contributed by atoms with van der Waals surface area (Å²) in [4.78, 5) is 0. The van der Waals surface area contributed by atoms with E-state index in [-0.39, 0.29) is 17.4 Å². The molecule has 0 saturated carbocycles. The number of phenols is 2. The van der Waals surface area contributed by atoms with Gasteiger partial charge in [-0.25, -0.2) is 0 Å². The van der Waals surface area contributed by atoms with Crippen LogP contribution in [0.15, 0.2) is 48.5 Å². The molecule has 2 N–H and O–H groups in total. The van der Waals surface area contributed by atoms with Crippen molar-refractivity contribution < 1.29 is 24.4 Å². The van der Waals surface area contributed by atoms with E-state index in [9.17, 15) is 10.2 Å². The van der Waals surface area contributed by atoms with Gasteiger partial charge in [-0.2, -0.15) is 0 Å². The molecule has 2 aliphatic rings. The molecule has 0 bridgehead atoms. The molecule has 2 heterocycles. The van der Waals surface area contributed by atoms with Gasteiger partial charge in [0.25, 0.3) is 0 Å². The van der Waals surface area contributed by atoms with Crippen LogP contribution in [0.25, 0.3) is 0 Å². The summed E-state index contributed by atoms with van der Waals surface area (Å²) in [5, 5.41) is 19.8. The van der Waals surface area contributed by atoms with E-state index in [0.29, 0.717) is 12.2 Å². The molecule has 2 fully saturated rings. The normalized spacial score (nSPS) is 20.4. The zero-order valence-corrected chi connectivity index (χ0v) is 15.0. The van der Waals surface area contributed by atoms with Crippen LogP contribution < -0.4 is 0 Å². The number of benzene rings is 2. The fourth-order valence-corrected chi connectivity index (χ4v) is 2.83. The summed E-state index contributed by atoms with van der Waals surface area (Å²) in [5.74, 6) is 0.586. The number of rotatable bonds is 7. The zero-order chi connectivity index (χ0) is 18.4. The second kappa shape index (κ2) is 9.03. The van der Waals surface area contributed by atoms with Gasteiger partial charge in [-0.3, -0.25) is 0 Å². The Hall–Kier alpha value is -2.08. The predicted octanol–water partition coefficient (Wildman–Crippen LogP) is 3.44. The van der Waals surface area contributed by atoms with Crippen LogP contribution in [-0.4, -0.2) is 48.8 Å². The second-order valence-electron chi connectivity index (χ2n) is 6.53. The van der Waals surface area contributed by atoms with E-state index in [0.717, 1.165) is 44.0 Å². The van der Waals surface area contributed by atoms with Crippen LogP contribution in [0, 0.1) is 0 Å². The predicted molar refractivity (Wildman–Crippen MR) is 98.6 cm³/mol. The number of aromatic hydroxyl groups is 2. The van der Waals surface area contributed by atoms with Gasteiger partial charge in [0.05, 0.1) is 26.4 Å². The average Bonchev–Trinajstić information content (AvgIpc) is 3.55. The third-order valence-corrected chi connectivity index (χ3v) is 4.44. The molecule has 2 aromatic carbocycles. The van der Waals surface area contributed by atoms with Gasteiger partial charge in [0.2, 0.25) is 0 Å². The number of hydrogen-bond acceptors (Lipinski definition) is 5. The van der Waals surface area contributed by atoms with Gasteiger partial charge < -0.3 is 24.4 Å². The number of hydrogen-bond donors (Lipinski definition) is 2. The first-order chi connectivity index (χ1) is 12.7. The molecule has 2 atom stereocenters. The standard InChI is InChI=1S/C15H16O2.C6H10O3/c1-2-11(12-7-3-5-9-14(12)16)13-8-4-6-10-15(13)17;1(5-3-8-5)7-2-6-4-9-6/h3-11,16-17H,2H2,1H3;5-6H,1-4H2. The van der Waals surface area contributed by atoms with Crippen molar-refractivity contribution in [3.8, 4) is 11.5 Å². The van der Waals surface area contributed by atoms with Crippen molar-refractivity contribution >= 4 is 0 Å². The molecule has 0 aliphatic carbocycles. The molecule has 4 rings (SSSR count). The Bertz CT molecular complexity index is 637. The van der Waals surface area contributed by atoms with Crippen LogP contribution in [0.4, 0.5) is 0 Å². The van der Waals surface area contributed by atoms with Gasteiger partial charge in [-0.15, -0.1) is 0 Å². The van der Waals surface area contributed by atoms with Crippen molar-refractivity contribution in [3.05, 3.63) is 59.7 Å². The Morgan fingerprint density at radius 3 is 1.65 bits per heavy atom. The summed E-state index contributed by atoms with van der Waals surface area (Å²) in [6.45, 7) is 5.31. The first kappa shape index (κ1) is 18.7. The highest BCUT2D eigenvalue weighted by molar-refractivity contribution is 5.45. The molecule has 0 radical (unpaired) electrons. The highest BCUT2D eigenvalue weighted by Crippen LogP contribution is 2.37. The van der Waals surface area contributed by atoms with Crippen molar-refractivity contribution in [2.45, 2.75) is 31.5 Å². The maximum atomic E-state index is 9.88. The maximum absolute atomic E-state index is 9.88. The smallest absolute Gasteiger partial charge is 0.119 e. The van der Waals surface area contributed by atoms with E-state index in [1.54, 1.807) is 24.3 Å². The van der Waals surface area contributed by atoms with Gasteiger partial charge in [-0.1, -0.05) is 43.3 Å². The fraction of sp³-hybridized carbons (Fsp3) is 0.429. The molecule has 5 nitrogen and oxygen atoms in total. The van der Waals surface area contributed by atoms with Gasteiger partial charge >= 0.3 is 0 Å². The van der Waals surface area contributed by atoms with Crippen LogP contribution in [0.2, 0.25) is 0 Å². The van der Waals surface area contributed by atoms with Gasteiger partial charge in [0.15, 0.2) is 0 Å². The molecule has 5 heteroatoms. The topological polar surface area (TPSA) is 74.8 Å². The first-order valence-electron chi connectivity index (χ1n) is 9.05. The molecule has 2 unspecified atom stereocenters. The number of ether oxygens (including phenoxy) is 3. The summed E-state index contributed by atoms with van der Waals surface area (Å²) >= 11 is 0. The van der Waals surface area contributed by atoms with Crippen LogP contribution in [0.3, 0.4) is 0 Å². The van der Waals surface area contributed by atoms with E-state index in [1.807, 2.05) is 31.2 Å². The molecule has 0 amide bonds. The van der Waals surface area contributed by atoms with Gasteiger partial charge in [0, 0.05) is 17.0 Å². The SMILES string of the molecule is C(OCC1CO1)C1CO1.CCC(c1ccccc1O)c1ccccc1O. The van der Waals surface area contributed by atoms with Crippen molar-refractivity contribution in [2.75, 3.05) is 26.4 Å². The van der Waals surface area contributed by atoms with E-state index in [2.05, 4.69) is 0 Å². The lowest BCUT2D eigenvalue weighted by Gasteiger charge is -2.18. The Kier molecular flexibility index (Phi) is 6.50. The monoisotopic (exact) mass is 358 g/mol. The van der Waals surface area contributed by atoms with Gasteiger partial charge in [0.1, 0.15) is 23.7 Å². The summed E-state index contributed by atoms with van der Waals surface area (Å²) in [6, 6.07) is 14.6. The van der Waals surface area contributed by atoms with Crippen LogP contribution >= 0.6 is 0 Å². The van der Waals surface area contributed by atoms with Crippen LogP contribution in [0.5, 0.6) is 11.5 Å². The quantitative estimate of drug-likeness (QED) is 0.742. The minimum absolute atomic E-state index is 0.0254. The molecular formula is C21H26O5. The Morgan fingerprint density at radius 1 is 0.885 bits per heavy atom. The molecule has 140 valence electrons. The van der Waals surface area contributed by atoms with Crippen molar-refractivity contribution in [1.82, 2.24) is 0 Å². The molecule has 2 aromatic rings. The molecular weight excluding hydrogens is 332 g/mol. The first-order valence-corrected chi connectivity index (χ1v) is 9.05. The Morgan fingerprint density at radius 2 is 1.31 bits per heavy atom. The summed E-state index contributed by atoms with van der Waals surface area (Å²) in [5.41, 5.74) is 1.72. The van der Waals surface area contributed by atoms with E-state index in [1.165, 1.54) is 0 Å². The fourth-order valence-electron chi connectivity index (χ4n) is 2.83. The Balaban J connectivity index is 0.000000181. The lowest BCUT2D eigenvalue weighted by molar-refractivity contribution is 0.102. The third-order valence-electron chi connectivity index (χ3n) is 4.44. The van der Waals surface area contributed by atoms with Crippen molar-refractivity contribution in [2.24, 2.45) is 0 Å². The lowest BCUT2D eigenvalue weighted by atomic mass is 9.88. The summed E-state index contributed by atoms with van der Waals surface area (Å²) < 4.78 is 15.1. The average molecular weight is 358 g/mol. The second-order valence-corrected chi connectivity index (χ2v) is 6.53. The highest BCUT2D eigenvalue weighted by atomic mass is 16.6. The van der Waals surface area contributed by atoms with E-state index in [4.69, 9.17) is 14.2 Å². The lowest BCUT2D eigenvalue weighted by Crippen LogP contribution is -2.06.